The number of hydrogen-bond donors (Lipinski definition) is 1. The zero-order valence-electron chi connectivity index (χ0n) is 22.3. The standard InChI is InChI=1S/C29H40N6O/c1-21-19-35(25-8-6-7-9-25)27-26(21)18-30-28(32-27)31-24-12-10-23(11-13-24)20-33-14-16-34(17-15-33)22(2)36-29(3,4)5/h10-13,18-19,25H,2,6-9,14-17,20H2,1,3-5H3,(H,30,31,32). The van der Waals surface area contributed by atoms with Crippen LogP contribution in [0, 0.1) is 6.92 Å². The molecule has 2 fully saturated rings. The molecular formula is C29H40N6O. The van der Waals surface area contributed by atoms with Crippen LogP contribution in [-0.2, 0) is 11.3 Å². The fraction of sp³-hybridized carbons (Fsp3) is 0.517. The number of nitrogens with one attached hydrogen (secondary N) is 1. The fourth-order valence-corrected chi connectivity index (χ4v) is 5.36. The van der Waals surface area contributed by atoms with E-state index in [0.29, 0.717) is 12.0 Å². The zero-order valence-corrected chi connectivity index (χ0v) is 22.3. The average molecular weight is 489 g/mol. The Bertz CT molecular complexity index is 1190. The van der Waals surface area contributed by atoms with Crippen LogP contribution in [0.2, 0.25) is 0 Å². The third kappa shape index (κ3) is 5.67. The summed E-state index contributed by atoms with van der Waals surface area (Å²) < 4.78 is 8.32. The molecule has 1 N–H and O–H groups in total. The summed E-state index contributed by atoms with van der Waals surface area (Å²) in [5.41, 5.74) is 4.40. The Hall–Kier alpha value is -3.06. The van der Waals surface area contributed by atoms with Gasteiger partial charge in [0.15, 0.2) is 5.88 Å². The van der Waals surface area contributed by atoms with Gasteiger partial charge in [-0.05, 0) is 70.4 Å². The van der Waals surface area contributed by atoms with Gasteiger partial charge in [0.1, 0.15) is 11.2 Å². The molecule has 0 spiro atoms. The summed E-state index contributed by atoms with van der Waals surface area (Å²) in [5.74, 6) is 1.44. The van der Waals surface area contributed by atoms with Crippen LogP contribution in [0.25, 0.3) is 11.0 Å². The summed E-state index contributed by atoms with van der Waals surface area (Å²) in [7, 11) is 0. The summed E-state index contributed by atoms with van der Waals surface area (Å²) in [6.45, 7) is 17.3. The number of fused-ring (bicyclic) bond motifs is 1. The van der Waals surface area contributed by atoms with Crippen LogP contribution < -0.4 is 5.32 Å². The Morgan fingerprint density at radius 1 is 1.08 bits per heavy atom. The normalized spacial score (nSPS) is 17.6. The van der Waals surface area contributed by atoms with E-state index in [4.69, 9.17) is 9.72 Å². The number of aryl methyl sites for hydroxylation is 1. The van der Waals surface area contributed by atoms with Crippen molar-refractivity contribution in [2.45, 2.75) is 71.6 Å². The highest BCUT2D eigenvalue weighted by molar-refractivity contribution is 5.81. The monoisotopic (exact) mass is 488 g/mol. The average Bonchev–Trinajstić information content (AvgIpc) is 3.48. The SMILES string of the molecule is C=C(OC(C)(C)C)N1CCN(Cc2ccc(Nc3ncc4c(C)cn(C5CCCC5)c4n3)cc2)CC1. The summed E-state index contributed by atoms with van der Waals surface area (Å²) in [6.07, 6.45) is 9.31. The van der Waals surface area contributed by atoms with Gasteiger partial charge in [-0.1, -0.05) is 25.0 Å². The van der Waals surface area contributed by atoms with Crippen molar-refractivity contribution in [3.05, 3.63) is 60.2 Å². The summed E-state index contributed by atoms with van der Waals surface area (Å²) in [5, 5.41) is 4.56. The first-order chi connectivity index (χ1) is 17.2. The zero-order chi connectivity index (χ0) is 25.3. The van der Waals surface area contributed by atoms with Crippen molar-refractivity contribution < 1.29 is 4.74 Å². The second kappa shape index (κ2) is 10.1. The smallest absolute Gasteiger partial charge is 0.229 e. The van der Waals surface area contributed by atoms with Gasteiger partial charge in [-0.25, -0.2) is 4.98 Å². The predicted molar refractivity (Wildman–Crippen MR) is 146 cm³/mol. The molecule has 0 bridgehead atoms. The molecule has 5 rings (SSSR count). The molecule has 2 aliphatic rings. The van der Waals surface area contributed by atoms with Gasteiger partial charge in [-0.15, -0.1) is 0 Å². The van der Waals surface area contributed by atoms with Crippen molar-refractivity contribution in [2.75, 3.05) is 31.5 Å². The highest BCUT2D eigenvalue weighted by atomic mass is 16.5. The first-order valence-electron chi connectivity index (χ1n) is 13.3. The molecule has 2 aromatic heterocycles. The van der Waals surface area contributed by atoms with Gasteiger partial charge in [0.2, 0.25) is 5.95 Å². The van der Waals surface area contributed by atoms with Gasteiger partial charge >= 0.3 is 0 Å². The van der Waals surface area contributed by atoms with E-state index in [1.54, 1.807) is 0 Å². The fourth-order valence-electron chi connectivity index (χ4n) is 5.36. The molecule has 7 nitrogen and oxygen atoms in total. The van der Waals surface area contributed by atoms with Crippen LogP contribution in [0.4, 0.5) is 11.6 Å². The number of hydrogen-bond acceptors (Lipinski definition) is 6. The molecule has 0 atom stereocenters. The molecular weight excluding hydrogens is 448 g/mol. The molecule has 1 aliphatic carbocycles. The van der Waals surface area contributed by atoms with Crippen LogP contribution in [0.5, 0.6) is 0 Å². The van der Waals surface area contributed by atoms with Crippen molar-refractivity contribution in [2.24, 2.45) is 0 Å². The van der Waals surface area contributed by atoms with Crippen LogP contribution in [-0.4, -0.2) is 56.1 Å². The lowest BCUT2D eigenvalue weighted by atomic mass is 10.1. The Labute approximate surface area is 215 Å². The van der Waals surface area contributed by atoms with E-state index in [-0.39, 0.29) is 5.60 Å². The first-order valence-corrected chi connectivity index (χ1v) is 13.3. The van der Waals surface area contributed by atoms with Crippen LogP contribution in [0.1, 0.15) is 63.6 Å². The topological polar surface area (TPSA) is 58.5 Å². The van der Waals surface area contributed by atoms with E-state index in [0.717, 1.165) is 55.3 Å². The number of nitrogens with zero attached hydrogens (tertiary/aromatic N) is 5. The maximum absolute atomic E-state index is 5.94. The number of benzene rings is 1. The first kappa shape index (κ1) is 24.6. The van der Waals surface area contributed by atoms with Gasteiger partial charge in [-0.3, -0.25) is 4.90 Å². The molecule has 1 saturated heterocycles. The highest BCUT2D eigenvalue weighted by Gasteiger charge is 2.22. The van der Waals surface area contributed by atoms with Crippen molar-refractivity contribution in [1.82, 2.24) is 24.3 Å². The van der Waals surface area contributed by atoms with E-state index in [1.807, 2.05) is 6.20 Å². The van der Waals surface area contributed by atoms with Crippen LogP contribution in [0.3, 0.4) is 0 Å². The molecule has 36 heavy (non-hydrogen) atoms. The number of rotatable bonds is 7. The Balaban J connectivity index is 1.18. The maximum Gasteiger partial charge on any atom is 0.229 e. The van der Waals surface area contributed by atoms with Crippen molar-refractivity contribution >= 4 is 22.7 Å². The molecule has 0 amide bonds. The summed E-state index contributed by atoms with van der Waals surface area (Å²) in [4.78, 5) is 14.2. The predicted octanol–water partition coefficient (Wildman–Crippen LogP) is 6.00. The second-order valence-corrected chi connectivity index (χ2v) is 11.3. The lowest BCUT2D eigenvalue weighted by Gasteiger charge is -2.38. The van der Waals surface area contributed by atoms with E-state index in [9.17, 15) is 0 Å². The lowest BCUT2D eigenvalue weighted by molar-refractivity contribution is -0.0103. The van der Waals surface area contributed by atoms with Crippen LogP contribution >= 0.6 is 0 Å². The minimum atomic E-state index is -0.208. The summed E-state index contributed by atoms with van der Waals surface area (Å²) in [6, 6.07) is 9.20. The maximum atomic E-state index is 5.94. The Morgan fingerprint density at radius 3 is 2.44 bits per heavy atom. The highest BCUT2D eigenvalue weighted by Crippen LogP contribution is 2.33. The number of aromatic nitrogens is 3. The van der Waals surface area contributed by atoms with Gasteiger partial charge < -0.3 is 19.5 Å². The molecule has 0 radical (unpaired) electrons. The third-order valence-electron chi connectivity index (χ3n) is 7.25. The molecule has 0 unspecified atom stereocenters. The largest absolute Gasteiger partial charge is 0.474 e. The lowest BCUT2D eigenvalue weighted by Crippen LogP contribution is -2.46. The number of piperazine rings is 1. The summed E-state index contributed by atoms with van der Waals surface area (Å²) >= 11 is 0. The van der Waals surface area contributed by atoms with Crippen LogP contribution in [0.15, 0.2) is 49.1 Å². The van der Waals surface area contributed by atoms with E-state index < -0.39 is 0 Å². The van der Waals surface area contributed by atoms with Crippen molar-refractivity contribution in [1.29, 1.82) is 0 Å². The van der Waals surface area contributed by atoms with E-state index >= 15 is 0 Å². The van der Waals surface area contributed by atoms with Gasteiger partial charge in [0.25, 0.3) is 0 Å². The van der Waals surface area contributed by atoms with E-state index in [2.05, 4.69) is 89.4 Å². The van der Waals surface area contributed by atoms with E-state index in [1.165, 1.54) is 36.8 Å². The molecule has 192 valence electrons. The Kier molecular flexibility index (Phi) is 6.93. The third-order valence-corrected chi connectivity index (χ3v) is 7.25. The minimum Gasteiger partial charge on any atom is -0.474 e. The Morgan fingerprint density at radius 2 is 1.78 bits per heavy atom. The van der Waals surface area contributed by atoms with Gasteiger partial charge in [-0.2, -0.15) is 4.98 Å². The molecule has 3 aromatic rings. The number of ether oxygens (including phenoxy) is 1. The molecule has 1 saturated carbocycles. The number of anilines is 2. The van der Waals surface area contributed by atoms with Crippen molar-refractivity contribution in [3.63, 3.8) is 0 Å². The second-order valence-electron chi connectivity index (χ2n) is 11.3. The van der Waals surface area contributed by atoms with Gasteiger partial charge in [0, 0.05) is 62.2 Å². The molecule has 3 heterocycles. The molecule has 1 aromatic carbocycles. The van der Waals surface area contributed by atoms with Crippen molar-refractivity contribution in [3.8, 4) is 0 Å². The quantitative estimate of drug-likeness (QED) is 0.412. The molecule has 1 aliphatic heterocycles. The molecule has 7 heteroatoms. The van der Waals surface area contributed by atoms with Gasteiger partial charge in [0.05, 0.1) is 0 Å². The minimum absolute atomic E-state index is 0.208.